The highest BCUT2D eigenvalue weighted by Gasteiger charge is 2.23. The van der Waals surface area contributed by atoms with Crippen molar-refractivity contribution in [3.05, 3.63) is 61.2 Å². The molecular formula is C17H15N3S. The number of benzene rings is 1. The fraction of sp³-hybridized carbons (Fsp3) is 0.176. The molecule has 104 valence electrons. The van der Waals surface area contributed by atoms with Crippen molar-refractivity contribution < 1.29 is 0 Å². The van der Waals surface area contributed by atoms with Crippen LogP contribution in [-0.4, -0.2) is 20.0 Å². The fourth-order valence-electron chi connectivity index (χ4n) is 2.30. The Morgan fingerprint density at radius 2 is 2.00 bits per heavy atom. The Balaban J connectivity index is 1.74. The van der Waals surface area contributed by atoms with Gasteiger partial charge in [0.2, 0.25) is 0 Å². The highest BCUT2D eigenvalue weighted by Crippen LogP contribution is 2.42. The molecular weight excluding hydrogens is 278 g/mol. The molecule has 21 heavy (non-hydrogen) atoms. The number of hydrogen-bond donors (Lipinski definition) is 0. The Kier molecular flexibility index (Phi) is 3.24. The van der Waals surface area contributed by atoms with Gasteiger partial charge in [-0.1, -0.05) is 18.2 Å². The van der Waals surface area contributed by atoms with E-state index in [-0.39, 0.29) is 0 Å². The van der Waals surface area contributed by atoms with E-state index in [4.69, 9.17) is 0 Å². The number of hydrogen-bond acceptors (Lipinski definition) is 3. The van der Waals surface area contributed by atoms with Crippen molar-refractivity contribution in [1.29, 1.82) is 0 Å². The number of pyridine rings is 1. The molecule has 0 saturated heterocycles. The molecule has 0 bridgehead atoms. The summed E-state index contributed by atoms with van der Waals surface area (Å²) in [5.74, 6) is 0. The first-order chi connectivity index (χ1) is 10.4. The molecule has 1 saturated carbocycles. The Labute approximate surface area is 128 Å². The lowest BCUT2D eigenvalue weighted by molar-refractivity contribution is 0.874. The molecule has 3 aromatic rings. The molecule has 1 aromatic carbocycles. The third kappa shape index (κ3) is 2.72. The van der Waals surface area contributed by atoms with E-state index in [1.54, 1.807) is 6.20 Å². The second kappa shape index (κ2) is 5.37. The van der Waals surface area contributed by atoms with E-state index in [0.717, 1.165) is 16.5 Å². The van der Waals surface area contributed by atoms with Crippen molar-refractivity contribution in [2.45, 2.75) is 23.0 Å². The zero-order valence-electron chi connectivity index (χ0n) is 11.5. The van der Waals surface area contributed by atoms with E-state index < -0.39 is 0 Å². The van der Waals surface area contributed by atoms with E-state index in [0.29, 0.717) is 0 Å². The van der Waals surface area contributed by atoms with E-state index in [1.165, 1.54) is 23.3 Å². The maximum absolute atomic E-state index is 4.38. The van der Waals surface area contributed by atoms with Crippen LogP contribution in [-0.2, 0) is 0 Å². The first-order valence-corrected chi connectivity index (χ1v) is 7.99. The van der Waals surface area contributed by atoms with Gasteiger partial charge >= 0.3 is 0 Å². The summed E-state index contributed by atoms with van der Waals surface area (Å²) in [5.41, 5.74) is 3.39. The minimum Gasteiger partial charge on any atom is -0.262 e. The van der Waals surface area contributed by atoms with Crippen molar-refractivity contribution >= 4 is 11.8 Å². The summed E-state index contributed by atoms with van der Waals surface area (Å²) < 4.78 is 1.84. The van der Waals surface area contributed by atoms with Gasteiger partial charge in [0, 0.05) is 34.3 Å². The second-order valence-corrected chi connectivity index (χ2v) is 6.54. The summed E-state index contributed by atoms with van der Waals surface area (Å²) >= 11 is 1.98. The molecule has 1 aliphatic rings. The molecule has 0 spiro atoms. The number of thioether (sulfide) groups is 1. The lowest BCUT2D eigenvalue weighted by Crippen LogP contribution is -1.96. The van der Waals surface area contributed by atoms with E-state index >= 15 is 0 Å². The Morgan fingerprint density at radius 1 is 1.10 bits per heavy atom. The van der Waals surface area contributed by atoms with Crippen LogP contribution in [0.15, 0.2) is 66.1 Å². The molecule has 0 aliphatic heterocycles. The average molecular weight is 293 g/mol. The smallest absolute Gasteiger partial charge is 0.0834 e. The fourth-order valence-corrected chi connectivity index (χ4v) is 3.50. The van der Waals surface area contributed by atoms with Gasteiger partial charge in [0.05, 0.1) is 11.9 Å². The molecule has 1 fully saturated rings. The zero-order chi connectivity index (χ0) is 14.1. The molecule has 0 radical (unpaired) electrons. The van der Waals surface area contributed by atoms with Gasteiger partial charge in [-0.15, -0.1) is 11.8 Å². The first kappa shape index (κ1) is 12.7. The molecule has 3 nitrogen and oxygen atoms in total. The van der Waals surface area contributed by atoms with E-state index in [9.17, 15) is 0 Å². The first-order valence-electron chi connectivity index (χ1n) is 7.11. The summed E-state index contributed by atoms with van der Waals surface area (Å²) in [6.45, 7) is 0. The van der Waals surface area contributed by atoms with Gasteiger partial charge in [0.15, 0.2) is 0 Å². The van der Waals surface area contributed by atoms with Crippen LogP contribution in [0.2, 0.25) is 0 Å². The van der Waals surface area contributed by atoms with Crippen molar-refractivity contribution in [2.75, 3.05) is 0 Å². The highest BCUT2D eigenvalue weighted by molar-refractivity contribution is 8.00. The van der Waals surface area contributed by atoms with Crippen LogP contribution in [0.3, 0.4) is 0 Å². The minimum absolute atomic E-state index is 0.799. The van der Waals surface area contributed by atoms with Crippen LogP contribution in [0.5, 0.6) is 0 Å². The molecule has 0 unspecified atom stereocenters. The van der Waals surface area contributed by atoms with Gasteiger partial charge in [-0.05, 0) is 36.6 Å². The number of rotatable bonds is 4. The second-order valence-electron chi connectivity index (χ2n) is 5.20. The van der Waals surface area contributed by atoms with Gasteiger partial charge in [-0.3, -0.25) is 4.98 Å². The Morgan fingerprint density at radius 3 is 2.81 bits per heavy atom. The van der Waals surface area contributed by atoms with Crippen LogP contribution >= 0.6 is 11.8 Å². The molecule has 0 amide bonds. The maximum atomic E-state index is 4.38. The van der Waals surface area contributed by atoms with Crippen molar-refractivity contribution in [3.63, 3.8) is 0 Å². The van der Waals surface area contributed by atoms with Crippen molar-refractivity contribution in [3.8, 4) is 16.8 Å². The lowest BCUT2D eigenvalue weighted by Gasteiger charge is -2.10. The van der Waals surface area contributed by atoms with Crippen LogP contribution < -0.4 is 0 Å². The SMILES string of the molecule is c1ccc(-c2cncc(-n3cccn3)c2)c(SC2CC2)c1. The maximum Gasteiger partial charge on any atom is 0.0834 e. The summed E-state index contributed by atoms with van der Waals surface area (Å²) in [6.07, 6.45) is 10.2. The van der Waals surface area contributed by atoms with Crippen LogP contribution in [0.25, 0.3) is 16.8 Å². The standard InChI is InChI=1S/C17H15N3S/c1-2-5-17(21-15-6-7-15)16(4-1)13-10-14(12-18-11-13)20-9-3-8-19-20/h1-5,8-12,15H,6-7H2. The number of aromatic nitrogens is 3. The van der Waals surface area contributed by atoms with Gasteiger partial charge < -0.3 is 0 Å². The van der Waals surface area contributed by atoms with Crippen molar-refractivity contribution in [1.82, 2.24) is 14.8 Å². The molecule has 0 atom stereocenters. The van der Waals surface area contributed by atoms with E-state index in [1.807, 2.05) is 41.1 Å². The lowest BCUT2D eigenvalue weighted by atomic mass is 10.1. The van der Waals surface area contributed by atoms with Gasteiger partial charge in [0.1, 0.15) is 0 Å². The predicted molar refractivity (Wildman–Crippen MR) is 85.7 cm³/mol. The molecule has 2 aromatic heterocycles. The topological polar surface area (TPSA) is 30.7 Å². The molecule has 0 N–H and O–H groups in total. The van der Waals surface area contributed by atoms with Gasteiger partial charge in [-0.2, -0.15) is 5.10 Å². The molecule has 4 heteroatoms. The summed E-state index contributed by atoms with van der Waals surface area (Å²) in [7, 11) is 0. The van der Waals surface area contributed by atoms with Crippen LogP contribution in [0.1, 0.15) is 12.8 Å². The predicted octanol–water partition coefficient (Wildman–Crippen LogP) is 4.19. The number of nitrogens with zero attached hydrogens (tertiary/aromatic N) is 3. The quantitative estimate of drug-likeness (QED) is 0.722. The van der Waals surface area contributed by atoms with Gasteiger partial charge in [-0.25, -0.2) is 4.68 Å². The molecule has 4 rings (SSSR count). The normalized spacial score (nSPS) is 14.3. The molecule has 2 heterocycles. The van der Waals surface area contributed by atoms with E-state index in [2.05, 4.69) is 40.4 Å². The zero-order valence-corrected chi connectivity index (χ0v) is 12.3. The van der Waals surface area contributed by atoms with Crippen molar-refractivity contribution in [2.24, 2.45) is 0 Å². The van der Waals surface area contributed by atoms with Crippen LogP contribution in [0.4, 0.5) is 0 Å². The Bertz CT molecular complexity index is 748. The minimum atomic E-state index is 0.799. The highest BCUT2D eigenvalue weighted by atomic mass is 32.2. The monoisotopic (exact) mass is 293 g/mol. The third-order valence-electron chi connectivity index (χ3n) is 3.51. The third-order valence-corrected chi connectivity index (χ3v) is 4.92. The summed E-state index contributed by atoms with van der Waals surface area (Å²) in [5, 5.41) is 5.07. The molecule has 1 aliphatic carbocycles. The largest absolute Gasteiger partial charge is 0.262 e. The summed E-state index contributed by atoms with van der Waals surface area (Å²) in [6, 6.07) is 12.6. The average Bonchev–Trinajstić information content (AvgIpc) is 3.18. The van der Waals surface area contributed by atoms with Gasteiger partial charge in [0.25, 0.3) is 0 Å². The Hall–Kier alpha value is -2.07. The van der Waals surface area contributed by atoms with Crippen LogP contribution in [0, 0.1) is 0 Å². The summed E-state index contributed by atoms with van der Waals surface area (Å²) in [4.78, 5) is 5.73.